The maximum atomic E-state index is 5.76. The zero-order chi connectivity index (χ0) is 9.10. The van der Waals surface area contributed by atoms with E-state index >= 15 is 0 Å². The zero-order valence-electron chi connectivity index (χ0n) is 8.24. The molecule has 2 heterocycles. The van der Waals surface area contributed by atoms with E-state index in [1.54, 1.807) is 0 Å². The van der Waals surface area contributed by atoms with Gasteiger partial charge < -0.3 is 10.5 Å². The van der Waals surface area contributed by atoms with Crippen LogP contribution in [0.2, 0.25) is 0 Å². The van der Waals surface area contributed by atoms with E-state index < -0.39 is 0 Å². The van der Waals surface area contributed by atoms with Crippen LogP contribution in [0, 0.1) is 5.92 Å². The van der Waals surface area contributed by atoms with Gasteiger partial charge in [0.1, 0.15) is 0 Å². The summed E-state index contributed by atoms with van der Waals surface area (Å²) in [7, 11) is 0. The fourth-order valence-corrected chi connectivity index (χ4v) is 2.29. The summed E-state index contributed by atoms with van der Waals surface area (Å²) >= 11 is 0. The van der Waals surface area contributed by atoms with Gasteiger partial charge in [-0.15, -0.1) is 0 Å². The molecular formula is C10H20N2O. The van der Waals surface area contributed by atoms with Gasteiger partial charge in [0, 0.05) is 25.0 Å². The summed E-state index contributed by atoms with van der Waals surface area (Å²) in [6.07, 6.45) is 4.01. The van der Waals surface area contributed by atoms with Crippen LogP contribution >= 0.6 is 0 Å². The third kappa shape index (κ3) is 2.22. The molecule has 1 unspecified atom stereocenters. The van der Waals surface area contributed by atoms with Crippen molar-refractivity contribution in [3.63, 3.8) is 0 Å². The minimum absolute atomic E-state index is 0.648. The van der Waals surface area contributed by atoms with Crippen molar-refractivity contribution in [3.8, 4) is 0 Å². The van der Waals surface area contributed by atoms with Gasteiger partial charge in [-0.2, -0.15) is 0 Å². The molecule has 2 aliphatic rings. The molecule has 0 aliphatic carbocycles. The molecule has 0 saturated carbocycles. The Morgan fingerprint density at radius 2 is 2.15 bits per heavy atom. The second-order valence-corrected chi connectivity index (χ2v) is 4.28. The molecule has 1 atom stereocenters. The van der Waals surface area contributed by atoms with E-state index in [9.17, 15) is 0 Å². The van der Waals surface area contributed by atoms with E-state index in [0.29, 0.717) is 6.04 Å². The van der Waals surface area contributed by atoms with Crippen molar-refractivity contribution in [3.05, 3.63) is 0 Å². The average Bonchev–Trinajstić information content (AvgIpc) is 2.12. The van der Waals surface area contributed by atoms with E-state index in [4.69, 9.17) is 10.5 Å². The average molecular weight is 184 g/mol. The lowest BCUT2D eigenvalue weighted by atomic mass is 9.99. The molecule has 2 aliphatic heterocycles. The largest absolute Gasteiger partial charge is 0.381 e. The molecule has 0 radical (unpaired) electrons. The highest BCUT2D eigenvalue weighted by Gasteiger charge is 2.27. The summed E-state index contributed by atoms with van der Waals surface area (Å²) < 4.78 is 5.19. The van der Waals surface area contributed by atoms with Crippen LogP contribution in [0.4, 0.5) is 0 Å². The second-order valence-electron chi connectivity index (χ2n) is 4.28. The van der Waals surface area contributed by atoms with Crippen molar-refractivity contribution in [2.45, 2.75) is 25.3 Å². The Balaban J connectivity index is 1.79. The Bertz CT molecular complexity index is 159. The van der Waals surface area contributed by atoms with Gasteiger partial charge in [0.05, 0.1) is 13.2 Å². The third-order valence-corrected chi connectivity index (χ3v) is 3.22. The summed E-state index contributed by atoms with van der Waals surface area (Å²) in [5.41, 5.74) is 5.76. The first-order chi connectivity index (χ1) is 6.40. The van der Waals surface area contributed by atoms with Crippen molar-refractivity contribution < 1.29 is 4.74 Å². The Kier molecular flexibility index (Phi) is 3.19. The predicted octanol–water partition coefficient (Wildman–Crippen LogP) is 0.446. The highest BCUT2D eigenvalue weighted by molar-refractivity contribution is 4.81. The van der Waals surface area contributed by atoms with Crippen LogP contribution in [-0.4, -0.2) is 43.8 Å². The van der Waals surface area contributed by atoms with Crippen molar-refractivity contribution in [2.24, 2.45) is 11.7 Å². The number of nitrogens with zero attached hydrogens (tertiary/aromatic N) is 1. The molecule has 2 rings (SSSR count). The molecule has 13 heavy (non-hydrogen) atoms. The summed E-state index contributed by atoms with van der Waals surface area (Å²) in [5, 5.41) is 0. The van der Waals surface area contributed by atoms with E-state index in [-0.39, 0.29) is 0 Å². The Labute approximate surface area is 80.2 Å². The minimum atomic E-state index is 0.648. The van der Waals surface area contributed by atoms with Gasteiger partial charge in [0.15, 0.2) is 0 Å². The van der Waals surface area contributed by atoms with Crippen molar-refractivity contribution in [1.29, 1.82) is 0 Å². The van der Waals surface area contributed by atoms with Gasteiger partial charge in [-0.1, -0.05) is 6.42 Å². The first kappa shape index (κ1) is 9.44. The van der Waals surface area contributed by atoms with Crippen LogP contribution in [0.15, 0.2) is 0 Å². The standard InChI is InChI=1S/C10H20N2O/c11-5-10-3-1-2-4-12(10)6-9-7-13-8-9/h9-10H,1-8,11H2. The molecule has 2 N–H and O–H groups in total. The van der Waals surface area contributed by atoms with Gasteiger partial charge in [0.25, 0.3) is 0 Å². The first-order valence-electron chi connectivity index (χ1n) is 5.42. The number of hydrogen-bond acceptors (Lipinski definition) is 3. The Hall–Kier alpha value is -0.120. The van der Waals surface area contributed by atoms with Gasteiger partial charge >= 0.3 is 0 Å². The SMILES string of the molecule is NCC1CCCCN1CC1COC1. The highest BCUT2D eigenvalue weighted by atomic mass is 16.5. The van der Waals surface area contributed by atoms with E-state index in [1.807, 2.05) is 0 Å². The fourth-order valence-electron chi connectivity index (χ4n) is 2.29. The smallest absolute Gasteiger partial charge is 0.0528 e. The zero-order valence-corrected chi connectivity index (χ0v) is 8.24. The topological polar surface area (TPSA) is 38.5 Å². The number of ether oxygens (including phenoxy) is 1. The lowest BCUT2D eigenvalue weighted by Gasteiger charge is -2.39. The quantitative estimate of drug-likeness (QED) is 0.692. The molecule has 0 spiro atoms. The summed E-state index contributed by atoms with van der Waals surface area (Å²) in [6.45, 7) is 5.22. The van der Waals surface area contributed by atoms with Crippen molar-refractivity contribution in [1.82, 2.24) is 4.90 Å². The molecule has 0 aromatic heterocycles. The molecule has 3 heteroatoms. The summed E-state index contributed by atoms with van der Waals surface area (Å²) in [4.78, 5) is 2.57. The Morgan fingerprint density at radius 3 is 2.77 bits per heavy atom. The number of nitrogens with two attached hydrogens (primary N) is 1. The molecule has 0 aromatic carbocycles. The van der Waals surface area contributed by atoms with Crippen LogP contribution in [-0.2, 0) is 4.74 Å². The number of rotatable bonds is 3. The number of likely N-dealkylation sites (tertiary alicyclic amines) is 1. The second kappa shape index (κ2) is 4.40. The van der Waals surface area contributed by atoms with Gasteiger partial charge in [-0.05, 0) is 19.4 Å². The van der Waals surface area contributed by atoms with Crippen LogP contribution in [0.5, 0.6) is 0 Å². The molecule has 76 valence electrons. The molecule has 0 amide bonds. The first-order valence-corrected chi connectivity index (χ1v) is 5.42. The van der Waals surface area contributed by atoms with Crippen LogP contribution in [0.25, 0.3) is 0 Å². The van der Waals surface area contributed by atoms with Gasteiger partial charge in [0.2, 0.25) is 0 Å². The van der Waals surface area contributed by atoms with Gasteiger partial charge in [-0.25, -0.2) is 0 Å². The minimum Gasteiger partial charge on any atom is -0.381 e. The van der Waals surface area contributed by atoms with E-state index in [1.165, 1.54) is 32.4 Å². The van der Waals surface area contributed by atoms with Crippen molar-refractivity contribution >= 4 is 0 Å². The fraction of sp³-hybridized carbons (Fsp3) is 1.00. The lowest BCUT2D eigenvalue weighted by molar-refractivity contribution is -0.0542. The normalized spacial score (nSPS) is 31.6. The predicted molar refractivity (Wildman–Crippen MR) is 52.6 cm³/mol. The van der Waals surface area contributed by atoms with Crippen LogP contribution < -0.4 is 5.73 Å². The molecule has 0 bridgehead atoms. The van der Waals surface area contributed by atoms with E-state index in [0.717, 1.165) is 25.7 Å². The summed E-state index contributed by atoms with van der Waals surface area (Å²) in [5.74, 6) is 0.784. The molecule has 3 nitrogen and oxygen atoms in total. The molecule has 2 saturated heterocycles. The third-order valence-electron chi connectivity index (χ3n) is 3.22. The molecular weight excluding hydrogens is 164 g/mol. The van der Waals surface area contributed by atoms with Crippen LogP contribution in [0.1, 0.15) is 19.3 Å². The Morgan fingerprint density at radius 1 is 1.31 bits per heavy atom. The van der Waals surface area contributed by atoms with Crippen molar-refractivity contribution in [2.75, 3.05) is 32.8 Å². The number of hydrogen-bond donors (Lipinski definition) is 1. The highest BCUT2D eigenvalue weighted by Crippen LogP contribution is 2.20. The lowest BCUT2D eigenvalue weighted by Crippen LogP contribution is -2.49. The maximum Gasteiger partial charge on any atom is 0.0528 e. The van der Waals surface area contributed by atoms with Crippen LogP contribution in [0.3, 0.4) is 0 Å². The monoisotopic (exact) mass is 184 g/mol. The van der Waals surface area contributed by atoms with Gasteiger partial charge in [-0.3, -0.25) is 4.90 Å². The summed E-state index contributed by atoms with van der Waals surface area (Å²) in [6, 6.07) is 0.648. The molecule has 2 fully saturated rings. The maximum absolute atomic E-state index is 5.76. The molecule has 0 aromatic rings. The van der Waals surface area contributed by atoms with E-state index in [2.05, 4.69) is 4.90 Å². The number of piperidine rings is 1.